The number of rotatable bonds is 4. The van der Waals surface area contributed by atoms with Gasteiger partial charge >= 0.3 is 6.03 Å². The summed E-state index contributed by atoms with van der Waals surface area (Å²) in [7, 11) is 0. The number of amides is 2. The number of nitrogens with one attached hydrogen (secondary N) is 1. The van der Waals surface area contributed by atoms with E-state index in [1.807, 2.05) is 4.90 Å². The Labute approximate surface area is 182 Å². The van der Waals surface area contributed by atoms with E-state index in [4.69, 9.17) is 0 Å². The number of piperidine rings is 1. The maximum atomic E-state index is 14.0. The van der Waals surface area contributed by atoms with Crippen LogP contribution in [0.25, 0.3) is 0 Å². The van der Waals surface area contributed by atoms with Gasteiger partial charge in [0.2, 0.25) is 0 Å². The van der Waals surface area contributed by atoms with Crippen molar-refractivity contribution >= 4 is 23.1 Å². The zero-order chi connectivity index (χ0) is 22.0. The molecule has 2 amide bonds. The van der Waals surface area contributed by atoms with E-state index in [0.717, 1.165) is 31.6 Å². The highest BCUT2D eigenvalue weighted by Gasteiger charge is 2.29. The van der Waals surface area contributed by atoms with Crippen molar-refractivity contribution in [2.45, 2.75) is 32.7 Å². The van der Waals surface area contributed by atoms with Crippen molar-refractivity contribution in [3.05, 3.63) is 54.1 Å². The van der Waals surface area contributed by atoms with Crippen molar-refractivity contribution in [1.29, 1.82) is 0 Å². The summed E-state index contributed by atoms with van der Waals surface area (Å²) in [6, 6.07) is 11.0. The SMILES string of the molecule is CC(C)N1CCC(CNC(=O)N2CCN(c3ccc(F)cc3)c3cc(F)ccc32)CC1. The molecule has 2 heterocycles. The minimum Gasteiger partial charge on any atom is -0.338 e. The van der Waals surface area contributed by atoms with Gasteiger partial charge in [-0.05, 0) is 88.2 Å². The third-order valence-electron chi connectivity index (χ3n) is 6.37. The first-order valence-corrected chi connectivity index (χ1v) is 11.0. The normalized spacial score (nSPS) is 17.7. The van der Waals surface area contributed by atoms with E-state index < -0.39 is 0 Å². The Hall–Kier alpha value is -2.67. The highest BCUT2D eigenvalue weighted by atomic mass is 19.1. The Kier molecular flexibility index (Phi) is 6.41. The Morgan fingerprint density at radius 2 is 1.65 bits per heavy atom. The number of hydrogen-bond donors (Lipinski definition) is 1. The third-order valence-corrected chi connectivity index (χ3v) is 6.37. The molecule has 7 heteroatoms. The van der Waals surface area contributed by atoms with Gasteiger partial charge < -0.3 is 15.1 Å². The van der Waals surface area contributed by atoms with Crippen LogP contribution in [0.5, 0.6) is 0 Å². The van der Waals surface area contributed by atoms with Gasteiger partial charge in [-0.15, -0.1) is 0 Å². The fraction of sp³-hybridized carbons (Fsp3) is 0.458. The fourth-order valence-corrected chi connectivity index (χ4v) is 4.48. The van der Waals surface area contributed by atoms with E-state index in [1.54, 1.807) is 23.1 Å². The molecule has 0 aromatic heterocycles. The molecule has 0 bridgehead atoms. The number of carbonyl (C=O) groups is 1. The second-order valence-corrected chi connectivity index (χ2v) is 8.67. The first-order chi connectivity index (χ1) is 14.9. The lowest BCUT2D eigenvalue weighted by atomic mass is 9.96. The van der Waals surface area contributed by atoms with E-state index in [2.05, 4.69) is 24.1 Å². The van der Waals surface area contributed by atoms with Crippen molar-refractivity contribution in [1.82, 2.24) is 10.2 Å². The molecule has 5 nitrogen and oxygen atoms in total. The van der Waals surface area contributed by atoms with Crippen molar-refractivity contribution in [3.63, 3.8) is 0 Å². The number of urea groups is 1. The number of carbonyl (C=O) groups excluding carboxylic acids is 1. The van der Waals surface area contributed by atoms with Gasteiger partial charge in [-0.2, -0.15) is 0 Å². The minimum atomic E-state index is -0.370. The van der Waals surface area contributed by atoms with Crippen LogP contribution < -0.4 is 15.1 Å². The molecule has 1 saturated heterocycles. The quantitative estimate of drug-likeness (QED) is 0.764. The second-order valence-electron chi connectivity index (χ2n) is 8.67. The summed E-state index contributed by atoms with van der Waals surface area (Å²) in [6.07, 6.45) is 2.16. The predicted molar refractivity (Wildman–Crippen MR) is 120 cm³/mol. The van der Waals surface area contributed by atoms with Crippen LogP contribution in [-0.2, 0) is 0 Å². The minimum absolute atomic E-state index is 0.155. The molecule has 1 N–H and O–H groups in total. The largest absolute Gasteiger partial charge is 0.338 e. The summed E-state index contributed by atoms with van der Waals surface area (Å²) in [6.45, 7) is 8.19. The number of nitrogens with zero attached hydrogens (tertiary/aromatic N) is 3. The van der Waals surface area contributed by atoms with E-state index >= 15 is 0 Å². The molecule has 0 atom stereocenters. The molecule has 4 rings (SSSR count). The van der Waals surface area contributed by atoms with E-state index in [9.17, 15) is 13.6 Å². The summed E-state index contributed by atoms with van der Waals surface area (Å²) < 4.78 is 27.4. The second kappa shape index (κ2) is 9.22. The van der Waals surface area contributed by atoms with Crippen molar-refractivity contribution < 1.29 is 13.6 Å². The smallest absolute Gasteiger partial charge is 0.322 e. The monoisotopic (exact) mass is 428 g/mol. The lowest BCUT2D eigenvalue weighted by molar-refractivity contribution is 0.149. The summed E-state index contributed by atoms with van der Waals surface area (Å²) in [4.78, 5) is 19.1. The maximum absolute atomic E-state index is 14.0. The number of halogens is 2. The van der Waals surface area contributed by atoms with Crippen LogP contribution in [0.15, 0.2) is 42.5 Å². The highest BCUT2D eigenvalue weighted by molar-refractivity contribution is 5.97. The molecule has 0 spiro atoms. The van der Waals surface area contributed by atoms with E-state index in [0.29, 0.717) is 43.0 Å². The molecular weight excluding hydrogens is 398 g/mol. The van der Waals surface area contributed by atoms with Crippen LogP contribution in [0.4, 0.5) is 30.6 Å². The van der Waals surface area contributed by atoms with Crippen LogP contribution in [-0.4, -0.2) is 49.7 Å². The van der Waals surface area contributed by atoms with E-state index in [-0.39, 0.29) is 17.7 Å². The van der Waals surface area contributed by atoms with E-state index in [1.165, 1.54) is 24.3 Å². The molecule has 1 fully saturated rings. The zero-order valence-corrected chi connectivity index (χ0v) is 18.2. The Morgan fingerprint density at radius 1 is 0.968 bits per heavy atom. The number of hydrogen-bond acceptors (Lipinski definition) is 3. The molecular formula is C24H30F2N4O. The molecule has 31 heavy (non-hydrogen) atoms. The molecule has 0 aliphatic carbocycles. The molecule has 2 aliphatic rings. The van der Waals surface area contributed by atoms with Crippen molar-refractivity contribution in [2.24, 2.45) is 5.92 Å². The van der Waals surface area contributed by atoms with Gasteiger partial charge in [-0.1, -0.05) is 0 Å². The lowest BCUT2D eigenvalue weighted by Crippen LogP contribution is -2.49. The van der Waals surface area contributed by atoms with Crippen molar-refractivity contribution in [3.8, 4) is 0 Å². The van der Waals surface area contributed by atoms with Crippen LogP contribution in [0.1, 0.15) is 26.7 Å². The van der Waals surface area contributed by atoms with Gasteiger partial charge in [0.05, 0.1) is 11.4 Å². The fourth-order valence-electron chi connectivity index (χ4n) is 4.48. The zero-order valence-electron chi connectivity index (χ0n) is 18.2. The average Bonchev–Trinajstić information content (AvgIpc) is 2.77. The summed E-state index contributed by atoms with van der Waals surface area (Å²) >= 11 is 0. The van der Waals surface area contributed by atoms with Crippen LogP contribution in [0, 0.1) is 17.6 Å². The molecule has 0 saturated carbocycles. The number of likely N-dealkylation sites (tertiary alicyclic amines) is 1. The molecule has 0 unspecified atom stereocenters. The molecule has 166 valence electrons. The third kappa shape index (κ3) is 4.82. The van der Waals surface area contributed by atoms with Gasteiger partial charge in [0.15, 0.2) is 0 Å². The Balaban J connectivity index is 1.44. The Bertz CT molecular complexity index is 910. The van der Waals surface area contributed by atoms with Gasteiger partial charge in [0.1, 0.15) is 11.6 Å². The average molecular weight is 429 g/mol. The standard InChI is InChI=1S/C24H30F2N4O/c1-17(2)28-11-9-18(10-12-28)16-27-24(31)30-14-13-29(21-6-3-19(25)4-7-21)23-15-20(26)5-8-22(23)30/h3-8,15,17-18H,9-14,16H2,1-2H3,(H,27,31). The van der Waals surface area contributed by atoms with Gasteiger partial charge in [0.25, 0.3) is 0 Å². The topological polar surface area (TPSA) is 38.8 Å². The first-order valence-electron chi connectivity index (χ1n) is 11.0. The lowest BCUT2D eigenvalue weighted by Gasteiger charge is -2.38. The number of fused-ring (bicyclic) bond motifs is 1. The number of anilines is 3. The molecule has 0 radical (unpaired) electrons. The Morgan fingerprint density at radius 3 is 2.32 bits per heavy atom. The van der Waals surface area contributed by atoms with Gasteiger partial charge in [-0.25, -0.2) is 13.6 Å². The molecule has 2 aromatic carbocycles. The first kappa shape index (κ1) is 21.6. The molecule has 2 aromatic rings. The van der Waals surface area contributed by atoms with Crippen molar-refractivity contribution in [2.75, 3.05) is 42.5 Å². The van der Waals surface area contributed by atoms with Crippen LogP contribution >= 0.6 is 0 Å². The van der Waals surface area contributed by atoms with Crippen LogP contribution in [0.2, 0.25) is 0 Å². The summed E-state index contributed by atoms with van der Waals surface area (Å²) in [5, 5.41) is 3.09. The van der Waals surface area contributed by atoms with Gasteiger partial charge in [0, 0.05) is 31.4 Å². The number of benzene rings is 2. The van der Waals surface area contributed by atoms with Crippen LogP contribution in [0.3, 0.4) is 0 Å². The maximum Gasteiger partial charge on any atom is 0.322 e. The summed E-state index contributed by atoms with van der Waals surface area (Å²) in [5.41, 5.74) is 2.03. The predicted octanol–water partition coefficient (Wildman–Crippen LogP) is 4.75. The van der Waals surface area contributed by atoms with Gasteiger partial charge in [-0.3, -0.25) is 4.90 Å². The molecule has 2 aliphatic heterocycles. The highest BCUT2D eigenvalue weighted by Crippen LogP contribution is 2.38. The summed E-state index contributed by atoms with van der Waals surface area (Å²) in [5.74, 6) is -0.211.